The highest BCUT2D eigenvalue weighted by atomic mass is 32.1. The average molecular weight is 385 g/mol. The van der Waals surface area contributed by atoms with Crippen molar-refractivity contribution in [1.29, 1.82) is 0 Å². The van der Waals surface area contributed by atoms with Crippen molar-refractivity contribution in [2.45, 2.75) is 27.7 Å². The van der Waals surface area contributed by atoms with Gasteiger partial charge in [-0.1, -0.05) is 32.8 Å². The Bertz CT molecular complexity index is 1030. The number of hydrogen-bond donors (Lipinski definition) is 1. The summed E-state index contributed by atoms with van der Waals surface area (Å²) in [7, 11) is 0. The van der Waals surface area contributed by atoms with Crippen LogP contribution >= 0.6 is 11.3 Å². The predicted molar refractivity (Wildman–Crippen MR) is 109 cm³/mol. The van der Waals surface area contributed by atoms with E-state index in [1.165, 1.54) is 17.4 Å². The molecule has 6 heteroatoms. The molecule has 0 aliphatic carbocycles. The van der Waals surface area contributed by atoms with Crippen molar-refractivity contribution >= 4 is 29.3 Å². The van der Waals surface area contributed by atoms with Crippen molar-refractivity contribution in [2.24, 2.45) is 5.41 Å². The number of terminal acetylenes is 1. The number of carbonyl (C=O) groups is 1. The van der Waals surface area contributed by atoms with E-state index in [1.54, 1.807) is 18.2 Å². The minimum absolute atomic E-state index is 0.0415. The maximum atomic E-state index is 12.2. The molecular formula is C21H23NO4S. The van der Waals surface area contributed by atoms with Crippen LogP contribution in [0.15, 0.2) is 23.0 Å². The zero-order valence-corrected chi connectivity index (χ0v) is 16.7. The highest BCUT2D eigenvalue weighted by molar-refractivity contribution is 7.07. The van der Waals surface area contributed by atoms with Gasteiger partial charge in [-0.3, -0.25) is 9.59 Å². The van der Waals surface area contributed by atoms with E-state index in [4.69, 9.17) is 15.9 Å². The fourth-order valence-electron chi connectivity index (χ4n) is 2.13. The van der Waals surface area contributed by atoms with Crippen molar-refractivity contribution in [3.8, 4) is 23.8 Å². The molecule has 1 heterocycles. The second-order valence-electron chi connectivity index (χ2n) is 6.82. The number of hydrogen-bond acceptors (Lipinski definition) is 5. The van der Waals surface area contributed by atoms with E-state index in [0.29, 0.717) is 27.3 Å². The lowest BCUT2D eigenvalue weighted by molar-refractivity contribution is -0.119. The van der Waals surface area contributed by atoms with E-state index < -0.39 is 5.41 Å². The molecule has 142 valence electrons. The SMILES string of the molecule is C#CCOc1ccc(/C=c2\s/c(=C\C(=O)C(C)(C)C)[nH]c2=O)cc1OCC. The number of benzene rings is 1. The van der Waals surface area contributed by atoms with Gasteiger partial charge in [-0.2, -0.15) is 0 Å². The molecule has 2 aromatic rings. The van der Waals surface area contributed by atoms with Gasteiger partial charge in [0.25, 0.3) is 5.56 Å². The molecule has 0 bridgehead atoms. The van der Waals surface area contributed by atoms with Crippen LogP contribution in [0.5, 0.6) is 11.5 Å². The molecule has 1 aromatic heterocycles. The Morgan fingerprint density at radius 1 is 1.30 bits per heavy atom. The lowest BCUT2D eigenvalue weighted by Crippen LogP contribution is -2.22. The van der Waals surface area contributed by atoms with Crippen LogP contribution in [0.25, 0.3) is 12.2 Å². The molecule has 1 aromatic carbocycles. The first kappa shape index (κ1) is 20.5. The number of ether oxygens (including phenoxy) is 2. The number of aromatic amines is 1. The van der Waals surface area contributed by atoms with E-state index in [1.807, 2.05) is 33.8 Å². The Morgan fingerprint density at radius 2 is 2.04 bits per heavy atom. The summed E-state index contributed by atoms with van der Waals surface area (Å²) >= 11 is 1.24. The van der Waals surface area contributed by atoms with Crippen LogP contribution in [-0.4, -0.2) is 24.0 Å². The van der Waals surface area contributed by atoms with Gasteiger partial charge in [-0.25, -0.2) is 0 Å². The van der Waals surface area contributed by atoms with Gasteiger partial charge < -0.3 is 14.5 Å². The largest absolute Gasteiger partial charge is 0.490 e. The topological polar surface area (TPSA) is 68.4 Å². The molecule has 0 aliphatic rings. The number of Topliss-reactive ketones (excluding diaryl/α,β-unsaturated/α-hetero) is 1. The monoisotopic (exact) mass is 385 g/mol. The summed E-state index contributed by atoms with van der Waals surface area (Å²) in [5.41, 5.74) is 0.0527. The number of carbonyl (C=O) groups excluding carboxylic acids is 1. The van der Waals surface area contributed by atoms with E-state index in [2.05, 4.69) is 10.9 Å². The quantitative estimate of drug-likeness (QED) is 0.773. The van der Waals surface area contributed by atoms with Crippen molar-refractivity contribution in [3.05, 3.63) is 43.3 Å². The molecule has 0 saturated heterocycles. The van der Waals surface area contributed by atoms with Crippen LogP contribution in [-0.2, 0) is 4.79 Å². The molecule has 0 unspecified atom stereocenters. The highest BCUT2D eigenvalue weighted by Gasteiger charge is 2.18. The van der Waals surface area contributed by atoms with E-state index >= 15 is 0 Å². The van der Waals surface area contributed by atoms with Crippen LogP contribution in [0.2, 0.25) is 0 Å². The van der Waals surface area contributed by atoms with Crippen LogP contribution in [0.1, 0.15) is 33.3 Å². The summed E-state index contributed by atoms with van der Waals surface area (Å²) in [6.07, 6.45) is 8.45. The first-order chi connectivity index (χ1) is 12.7. The second-order valence-corrected chi connectivity index (χ2v) is 7.90. The van der Waals surface area contributed by atoms with E-state index in [9.17, 15) is 9.59 Å². The average Bonchev–Trinajstić information content (AvgIpc) is 2.93. The van der Waals surface area contributed by atoms with Crippen molar-refractivity contribution < 1.29 is 14.3 Å². The van der Waals surface area contributed by atoms with Gasteiger partial charge in [0.15, 0.2) is 17.3 Å². The third-order valence-corrected chi connectivity index (χ3v) is 4.52. The number of nitrogens with one attached hydrogen (secondary N) is 1. The molecule has 0 radical (unpaired) electrons. The molecule has 5 nitrogen and oxygen atoms in total. The Hall–Kier alpha value is -2.78. The first-order valence-corrected chi connectivity index (χ1v) is 9.36. The molecule has 0 saturated carbocycles. The van der Waals surface area contributed by atoms with Crippen LogP contribution in [0, 0.1) is 17.8 Å². The maximum absolute atomic E-state index is 12.2. The van der Waals surface area contributed by atoms with Crippen LogP contribution < -0.4 is 24.2 Å². The van der Waals surface area contributed by atoms with E-state index in [-0.39, 0.29) is 17.9 Å². The standard InChI is InChI=1S/C21H23NO4S/c1-6-10-26-15-9-8-14(11-16(15)25-7-2)12-17-20(24)22-19(27-17)13-18(23)21(3,4)5/h1,8-9,11-13H,7,10H2,2-5H3,(H,22,24)/b17-12-,19-13-. The third-order valence-electron chi connectivity index (χ3n) is 3.56. The second kappa shape index (κ2) is 8.74. The van der Waals surface area contributed by atoms with Crippen LogP contribution in [0.4, 0.5) is 0 Å². The molecule has 0 atom stereocenters. The van der Waals surface area contributed by atoms with Gasteiger partial charge >= 0.3 is 0 Å². The molecule has 0 aliphatic heterocycles. The fourth-order valence-corrected chi connectivity index (χ4v) is 3.02. The fraction of sp³-hybridized carbons (Fsp3) is 0.333. The third kappa shape index (κ3) is 5.60. The summed E-state index contributed by atoms with van der Waals surface area (Å²) in [5, 5.41) is 0. The number of aromatic nitrogens is 1. The number of ketones is 1. The first-order valence-electron chi connectivity index (χ1n) is 8.54. The summed E-state index contributed by atoms with van der Waals surface area (Å²) in [5.74, 6) is 3.49. The van der Waals surface area contributed by atoms with E-state index in [0.717, 1.165) is 5.56 Å². The predicted octanol–water partition coefficient (Wildman–Crippen LogP) is 2.07. The van der Waals surface area contributed by atoms with Gasteiger partial charge in [0, 0.05) is 11.5 Å². The molecular weight excluding hydrogens is 362 g/mol. The van der Waals surface area contributed by atoms with Gasteiger partial charge in [0.2, 0.25) is 0 Å². The Balaban J connectivity index is 2.43. The van der Waals surface area contributed by atoms with Gasteiger partial charge in [-0.05, 0) is 30.7 Å². The van der Waals surface area contributed by atoms with Crippen LogP contribution in [0.3, 0.4) is 0 Å². The lowest BCUT2D eigenvalue weighted by atomic mass is 9.91. The van der Waals surface area contributed by atoms with Gasteiger partial charge in [-0.15, -0.1) is 17.8 Å². The molecule has 1 N–H and O–H groups in total. The summed E-state index contributed by atoms with van der Waals surface area (Å²) in [6, 6.07) is 5.36. The highest BCUT2D eigenvalue weighted by Crippen LogP contribution is 2.28. The molecule has 0 spiro atoms. The minimum Gasteiger partial charge on any atom is -0.490 e. The van der Waals surface area contributed by atoms with Gasteiger partial charge in [0.05, 0.1) is 15.8 Å². The number of H-pyrrole nitrogens is 1. The smallest absolute Gasteiger partial charge is 0.266 e. The molecule has 2 rings (SSSR count). The van der Waals surface area contributed by atoms with Crippen molar-refractivity contribution in [3.63, 3.8) is 0 Å². The summed E-state index contributed by atoms with van der Waals surface area (Å²) in [4.78, 5) is 27.1. The summed E-state index contributed by atoms with van der Waals surface area (Å²) in [6.45, 7) is 8.01. The van der Waals surface area contributed by atoms with Gasteiger partial charge in [0.1, 0.15) is 6.61 Å². The normalized spacial score (nSPS) is 12.7. The zero-order valence-electron chi connectivity index (χ0n) is 15.9. The molecule has 27 heavy (non-hydrogen) atoms. The number of thiazole rings is 1. The Morgan fingerprint density at radius 3 is 2.67 bits per heavy atom. The maximum Gasteiger partial charge on any atom is 0.266 e. The lowest BCUT2D eigenvalue weighted by Gasteiger charge is -2.12. The Labute approximate surface area is 162 Å². The molecule has 0 amide bonds. The minimum atomic E-state index is -0.495. The number of rotatable bonds is 6. The van der Waals surface area contributed by atoms with Crippen molar-refractivity contribution in [2.75, 3.05) is 13.2 Å². The Kier molecular flexibility index (Phi) is 6.65. The molecule has 0 fully saturated rings. The zero-order chi connectivity index (χ0) is 20.0. The summed E-state index contributed by atoms with van der Waals surface area (Å²) < 4.78 is 12.1. The van der Waals surface area contributed by atoms with Crippen molar-refractivity contribution in [1.82, 2.24) is 4.98 Å².